The number of carboxylic acid groups (broad SMARTS) is 1. The molecule has 0 spiro atoms. The van der Waals surface area contributed by atoms with Gasteiger partial charge in [0.25, 0.3) is 5.91 Å². The van der Waals surface area contributed by atoms with Crippen LogP contribution in [0.3, 0.4) is 0 Å². The molecule has 6 heteroatoms. The summed E-state index contributed by atoms with van der Waals surface area (Å²) in [7, 11) is 0. The molecule has 0 saturated heterocycles. The van der Waals surface area contributed by atoms with E-state index in [2.05, 4.69) is 4.98 Å². The molecule has 1 aromatic rings. The van der Waals surface area contributed by atoms with Gasteiger partial charge in [0, 0.05) is 6.04 Å². The fourth-order valence-corrected chi connectivity index (χ4v) is 2.63. The molecule has 1 fully saturated rings. The second-order valence-corrected chi connectivity index (χ2v) is 5.41. The minimum absolute atomic E-state index is 0.0976. The first-order chi connectivity index (χ1) is 7.99. The summed E-state index contributed by atoms with van der Waals surface area (Å²) < 4.78 is 0. The van der Waals surface area contributed by atoms with Gasteiger partial charge in [-0.2, -0.15) is 0 Å². The molecule has 0 bridgehead atoms. The van der Waals surface area contributed by atoms with Gasteiger partial charge in [-0.15, -0.1) is 11.3 Å². The number of hydrogen-bond acceptors (Lipinski definition) is 4. The lowest BCUT2D eigenvalue weighted by molar-refractivity contribution is -0.137. The molecule has 17 heavy (non-hydrogen) atoms. The number of carbonyl (C=O) groups is 2. The van der Waals surface area contributed by atoms with Crippen molar-refractivity contribution in [3.63, 3.8) is 0 Å². The Morgan fingerprint density at radius 2 is 2.12 bits per heavy atom. The number of rotatable bonds is 4. The Kier molecular flexibility index (Phi) is 3.15. The van der Waals surface area contributed by atoms with E-state index in [1.54, 1.807) is 6.92 Å². The average molecular weight is 254 g/mol. The van der Waals surface area contributed by atoms with Gasteiger partial charge in [0.2, 0.25) is 0 Å². The van der Waals surface area contributed by atoms with E-state index in [4.69, 9.17) is 5.11 Å². The third-order valence-corrected chi connectivity index (χ3v) is 3.71. The Labute approximate surface area is 103 Å². The lowest BCUT2D eigenvalue weighted by atomic mass is 10.3. The predicted octanol–water partition coefficient (Wildman–Crippen LogP) is 1.45. The molecule has 2 rings (SSSR count). The smallest absolute Gasteiger partial charge is 0.323 e. The van der Waals surface area contributed by atoms with Crippen LogP contribution in [0.4, 0.5) is 0 Å². The molecule has 0 aliphatic heterocycles. The monoisotopic (exact) mass is 254 g/mol. The maximum Gasteiger partial charge on any atom is 0.323 e. The lowest BCUT2D eigenvalue weighted by Crippen LogP contribution is -2.37. The average Bonchev–Trinajstić information content (AvgIpc) is 3.00. The standard InChI is InChI=1S/C11H14N2O3S/c1-6-10(17-7(2)12-6)11(16)13(5-9(14)15)8-3-4-8/h8H,3-5H2,1-2H3,(H,14,15). The predicted molar refractivity (Wildman–Crippen MR) is 63.3 cm³/mol. The van der Waals surface area contributed by atoms with Gasteiger partial charge in [-0.05, 0) is 26.7 Å². The summed E-state index contributed by atoms with van der Waals surface area (Å²) in [5.41, 5.74) is 0.688. The van der Waals surface area contributed by atoms with Crippen molar-refractivity contribution in [1.82, 2.24) is 9.88 Å². The van der Waals surface area contributed by atoms with Crippen LogP contribution in [-0.2, 0) is 4.79 Å². The minimum Gasteiger partial charge on any atom is -0.480 e. The summed E-state index contributed by atoms with van der Waals surface area (Å²) in [6.45, 7) is 3.40. The van der Waals surface area contributed by atoms with E-state index in [0.717, 1.165) is 17.8 Å². The van der Waals surface area contributed by atoms with Gasteiger partial charge in [0.15, 0.2) is 0 Å². The van der Waals surface area contributed by atoms with Gasteiger partial charge >= 0.3 is 5.97 Å². The van der Waals surface area contributed by atoms with Crippen molar-refractivity contribution in [3.05, 3.63) is 15.6 Å². The second-order valence-electron chi connectivity index (χ2n) is 4.21. The molecule has 92 valence electrons. The Hall–Kier alpha value is -1.43. The number of hydrogen-bond donors (Lipinski definition) is 1. The third kappa shape index (κ3) is 2.63. The normalized spacial score (nSPS) is 14.7. The quantitative estimate of drug-likeness (QED) is 0.882. The van der Waals surface area contributed by atoms with E-state index in [9.17, 15) is 9.59 Å². The van der Waals surface area contributed by atoms with E-state index >= 15 is 0 Å². The number of thiazole rings is 1. The largest absolute Gasteiger partial charge is 0.480 e. The molecule has 0 unspecified atom stereocenters. The number of aliphatic carboxylic acids is 1. The van der Waals surface area contributed by atoms with Crippen LogP contribution in [0.1, 0.15) is 33.2 Å². The fourth-order valence-electron chi connectivity index (χ4n) is 1.76. The molecule has 0 radical (unpaired) electrons. The van der Waals surface area contributed by atoms with Crippen molar-refractivity contribution in [2.45, 2.75) is 32.7 Å². The van der Waals surface area contributed by atoms with Gasteiger partial charge in [-0.25, -0.2) is 4.98 Å². The highest BCUT2D eigenvalue weighted by atomic mass is 32.1. The number of amides is 1. The highest BCUT2D eigenvalue weighted by molar-refractivity contribution is 7.13. The zero-order valence-electron chi connectivity index (χ0n) is 9.77. The van der Waals surface area contributed by atoms with Crippen LogP contribution in [0.5, 0.6) is 0 Å². The summed E-state index contributed by atoms with van der Waals surface area (Å²) in [5, 5.41) is 9.66. The first kappa shape index (κ1) is 12.0. The van der Waals surface area contributed by atoms with Crippen molar-refractivity contribution in [3.8, 4) is 0 Å². The maximum atomic E-state index is 12.2. The van der Waals surface area contributed by atoms with Crippen LogP contribution in [0.25, 0.3) is 0 Å². The van der Waals surface area contributed by atoms with E-state index < -0.39 is 5.97 Å². The zero-order valence-corrected chi connectivity index (χ0v) is 10.6. The van der Waals surface area contributed by atoms with Crippen LogP contribution in [0, 0.1) is 13.8 Å². The third-order valence-electron chi connectivity index (χ3n) is 2.65. The number of aryl methyl sites for hydroxylation is 2. The lowest BCUT2D eigenvalue weighted by Gasteiger charge is -2.19. The number of nitrogens with zero attached hydrogens (tertiary/aromatic N) is 2. The molecule has 0 atom stereocenters. The van der Waals surface area contributed by atoms with Crippen LogP contribution < -0.4 is 0 Å². The molecule has 0 aromatic carbocycles. The Morgan fingerprint density at radius 3 is 2.53 bits per heavy atom. The SMILES string of the molecule is Cc1nc(C)c(C(=O)N(CC(=O)O)C2CC2)s1. The summed E-state index contributed by atoms with van der Waals surface area (Å²) in [4.78, 5) is 29.2. The molecular weight excluding hydrogens is 240 g/mol. The first-order valence-corrected chi connectivity index (χ1v) is 6.27. The van der Waals surface area contributed by atoms with Gasteiger partial charge in [-0.3, -0.25) is 9.59 Å². The molecule has 1 heterocycles. The Bertz CT molecular complexity index is 465. The van der Waals surface area contributed by atoms with Crippen molar-refractivity contribution < 1.29 is 14.7 Å². The van der Waals surface area contributed by atoms with E-state index in [1.165, 1.54) is 16.2 Å². The molecule has 1 aliphatic carbocycles. The summed E-state index contributed by atoms with van der Waals surface area (Å²) >= 11 is 1.33. The highest BCUT2D eigenvalue weighted by Crippen LogP contribution is 2.30. The van der Waals surface area contributed by atoms with Gasteiger partial charge in [0.1, 0.15) is 11.4 Å². The molecule has 1 saturated carbocycles. The van der Waals surface area contributed by atoms with Crippen molar-refractivity contribution in [2.24, 2.45) is 0 Å². The number of carboxylic acids is 1. The van der Waals surface area contributed by atoms with Crippen molar-refractivity contribution in [1.29, 1.82) is 0 Å². The second kappa shape index (κ2) is 4.44. The van der Waals surface area contributed by atoms with Crippen molar-refractivity contribution in [2.75, 3.05) is 6.54 Å². The summed E-state index contributed by atoms with van der Waals surface area (Å²) in [5.74, 6) is -1.16. The number of carbonyl (C=O) groups excluding carboxylic acids is 1. The van der Waals surface area contributed by atoms with Crippen LogP contribution in [0.2, 0.25) is 0 Å². The molecule has 5 nitrogen and oxygen atoms in total. The van der Waals surface area contributed by atoms with Gasteiger partial charge < -0.3 is 10.0 Å². The topological polar surface area (TPSA) is 70.5 Å². The number of aromatic nitrogens is 1. The van der Waals surface area contributed by atoms with Crippen molar-refractivity contribution >= 4 is 23.2 Å². The van der Waals surface area contributed by atoms with Gasteiger partial charge in [-0.1, -0.05) is 0 Å². The first-order valence-electron chi connectivity index (χ1n) is 5.46. The zero-order chi connectivity index (χ0) is 12.6. The summed E-state index contributed by atoms with van der Waals surface area (Å²) in [6.07, 6.45) is 1.80. The highest BCUT2D eigenvalue weighted by Gasteiger charge is 2.35. The van der Waals surface area contributed by atoms with E-state index in [0.29, 0.717) is 10.6 Å². The molecular formula is C11H14N2O3S. The fraction of sp³-hybridized carbons (Fsp3) is 0.545. The van der Waals surface area contributed by atoms with Crippen LogP contribution in [-0.4, -0.2) is 39.5 Å². The van der Waals surface area contributed by atoms with Gasteiger partial charge in [0.05, 0.1) is 10.7 Å². The Morgan fingerprint density at radius 1 is 1.47 bits per heavy atom. The van der Waals surface area contributed by atoms with E-state index in [1.807, 2.05) is 6.92 Å². The Balaban J connectivity index is 2.21. The van der Waals surface area contributed by atoms with Crippen LogP contribution >= 0.6 is 11.3 Å². The molecule has 1 aromatic heterocycles. The molecule has 1 aliphatic rings. The summed E-state index contributed by atoms with van der Waals surface area (Å²) in [6, 6.07) is 0.0976. The molecule has 1 amide bonds. The minimum atomic E-state index is -0.968. The maximum absolute atomic E-state index is 12.2. The van der Waals surface area contributed by atoms with Crippen LogP contribution in [0.15, 0.2) is 0 Å². The molecule has 1 N–H and O–H groups in total. The van der Waals surface area contributed by atoms with E-state index in [-0.39, 0.29) is 18.5 Å².